The number of fused-ring (bicyclic) bond motifs is 2. The third kappa shape index (κ3) is 4.27. The van der Waals surface area contributed by atoms with Crippen LogP contribution in [0.1, 0.15) is 5.69 Å². The van der Waals surface area contributed by atoms with E-state index in [1.54, 1.807) is 41.8 Å². The van der Waals surface area contributed by atoms with Gasteiger partial charge in [-0.3, -0.25) is 9.59 Å². The Hall–Kier alpha value is -5.06. The van der Waals surface area contributed by atoms with Crippen LogP contribution < -0.4 is 20.2 Å². The van der Waals surface area contributed by atoms with Crippen LogP contribution in [0.4, 0.5) is 10.1 Å². The van der Waals surface area contributed by atoms with Crippen molar-refractivity contribution in [1.29, 1.82) is 0 Å². The minimum atomic E-state index is -0.397. The standard InChI is InChI=1S/C26H18FN5O5/c1-14-2-8-18-23(34)19(26-30-24(31-37-26)15-3-5-16(27)6-4-15)11-32(25(18)28-14)12-22(33)29-17-7-9-20-21(10-17)36-13-35-20/h2-11H,12-13H2,1H3,(H,29,33). The van der Waals surface area contributed by atoms with Crippen LogP contribution >= 0.6 is 0 Å². The molecule has 10 nitrogen and oxygen atoms in total. The molecule has 0 fully saturated rings. The lowest BCUT2D eigenvalue weighted by molar-refractivity contribution is -0.116. The van der Waals surface area contributed by atoms with Gasteiger partial charge in [0.05, 0.1) is 5.39 Å². The fourth-order valence-electron chi connectivity index (χ4n) is 4.01. The highest BCUT2D eigenvalue weighted by atomic mass is 19.1. The number of aryl methyl sites for hydroxylation is 1. The molecule has 37 heavy (non-hydrogen) atoms. The van der Waals surface area contributed by atoms with Crippen molar-refractivity contribution in [2.45, 2.75) is 13.5 Å². The lowest BCUT2D eigenvalue weighted by Crippen LogP contribution is -2.22. The summed E-state index contributed by atoms with van der Waals surface area (Å²) >= 11 is 0. The van der Waals surface area contributed by atoms with Gasteiger partial charge in [-0.25, -0.2) is 9.37 Å². The Bertz CT molecular complexity index is 1730. The predicted molar refractivity (Wildman–Crippen MR) is 131 cm³/mol. The molecule has 4 heterocycles. The number of nitrogens with one attached hydrogen (secondary N) is 1. The van der Waals surface area contributed by atoms with E-state index in [9.17, 15) is 14.0 Å². The third-order valence-corrected chi connectivity index (χ3v) is 5.79. The average Bonchev–Trinajstić information content (AvgIpc) is 3.56. The highest BCUT2D eigenvalue weighted by Crippen LogP contribution is 2.34. The van der Waals surface area contributed by atoms with Gasteiger partial charge in [0.1, 0.15) is 23.6 Å². The van der Waals surface area contributed by atoms with Gasteiger partial charge in [-0.2, -0.15) is 4.98 Å². The number of benzene rings is 2. The van der Waals surface area contributed by atoms with Gasteiger partial charge in [0.15, 0.2) is 11.5 Å². The van der Waals surface area contributed by atoms with E-state index in [-0.39, 0.29) is 42.0 Å². The molecule has 0 atom stereocenters. The highest BCUT2D eigenvalue weighted by Gasteiger charge is 2.20. The number of nitrogens with zero attached hydrogens (tertiary/aromatic N) is 4. The predicted octanol–water partition coefficient (Wildman–Crippen LogP) is 3.93. The van der Waals surface area contributed by atoms with Crippen LogP contribution in [-0.4, -0.2) is 32.4 Å². The number of carbonyl (C=O) groups excluding carboxylic acids is 1. The number of ether oxygens (including phenoxy) is 2. The van der Waals surface area contributed by atoms with Crippen molar-refractivity contribution in [3.05, 3.63) is 82.5 Å². The summed E-state index contributed by atoms with van der Waals surface area (Å²) in [6, 6.07) is 14.0. The monoisotopic (exact) mass is 499 g/mol. The molecule has 3 aromatic heterocycles. The summed E-state index contributed by atoms with van der Waals surface area (Å²) in [4.78, 5) is 35.1. The lowest BCUT2D eigenvalue weighted by atomic mass is 10.1. The Morgan fingerprint density at radius 1 is 1.05 bits per heavy atom. The molecule has 0 unspecified atom stereocenters. The summed E-state index contributed by atoms with van der Waals surface area (Å²) < 4.78 is 30.9. The number of carbonyl (C=O) groups is 1. The summed E-state index contributed by atoms with van der Waals surface area (Å²) in [5.74, 6) is 0.565. The van der Waals surface area contributed by atoms with E-state index in [4.69, 9.17) is 14.0 Å². The number of anilines is 1. The number of hydrogen-bond acceptors (Lipinski definition) is 8. The molecule has 0 radical (unpaired) electrons. The van der Waals surface area contributed by atoms with Crippen molar-refractivity contribution in [3.8, 4) is 34.3 Å². The second kappa shape index (κ2) is 8.86. The molecule has 184 valence electrons. The minimum absolute atomic E-state index is 0.0308. The van der Waals surface area contributed by atoms with Crippen LogP contribution in [0.15, 0.2) is 70.1 Å². The average molecular weight is 499 g/mol. The summed E-state index contributed by atoms with van der Waals surface area (Å²) in [6.45, 7) is 1.78. The summed E-state index contributed by atoms with van der Waals surface area (Å²) in [5.41, 5.74) is 1.82. The number of pyridine rings is 2. The zero-order valence-electron chi connectivity index (χ0n) is 19.4. The van der Waals surface area contributed by atoms with E-state index in [1.807, 2.05) is 0 Å². The Balaban J connectivity index is 1.36. The molecule has 0 saturated heterocycles. The Kier molecular flexibility index (Phi) is 5.37. The smallest absolute Gasteiger partial charge is 0.263 e. The first-order chi connectivity index (χ1) is 17.9. The summed E-state index contributed by atoms with van der Waals surface area (Å²) in [7, 11) is 0. The van der Waals surface area contributed by atoms with E-state index in [1.165, 1.54) is 30.5 Å². The van der Waals surface area contributed by atoms with E-state index in [0.29, 0.717) is 39.5 Å². The van der Waals surface area contributed by atoms with E-state index >= 15 is 0 Å². The van der Waals surface area contributed by atoms with Crippen LogP contribution in [0.5, 0.6) is 11.5 Å². The zero-order chi connectivity index (χ0) is 25.5. The van der Waals surface area contributed by atoms with Crippen molar-refractivity contribution >= 4 is 22.6 Å². The quantitative estimate of drug-likeness (QED) is 0.386. The normalized spacial score (nSPS) is 12.2. The van der Waals surface area contributed by atoms with Gasteiger partial charge in [-0.15, -0.1) is 0 Å². The molecular weight excluding hydrogens is 481 g/mol. The Morgan fingerprint density at radius 2 is 1.86 bits per heavy atom. The molecule has 1 aliphatic rings. The van der Waals surface area contributed by atoms with Gasteiger partial charge in [-0.1, -0.05) is 5.16 Å². The molecule has 1 N–H and O–H groups in total. The van der Waals surface area contributed by atoms with Crippen LogP contribution in [0, 0.1) is 12.7 Å². The van der Waals surface area contributed by atoms with Gasteiger partial charge < -0.3 is 23.9 Å². The SMILES string of the molecule is Cc1ccc2c(=O)c(-c3nc(-c4ccc(F)cc4)no3)cn(CC(=O)Nc3ccc4c(c3)OCO4)c2n1. The maximum absolute atomic E-state index is 13.3. The molecular formula is C26H18FN5O5. The van der Waals surface area contributed by atoms with Gasteiger partial charge in [-0.05, 0) is 55.5 Å². The van der Waals surface area contributed by atoms with Gasteiger partial charge in [0.2, 0.25) is 24.0 Å². The van der Waals surface area contributed by atoms with Crippen molar-refractivity contribution < 1.29 is 23.2 Å². The maximum atomic E-state index is 13.3. The molecule has 6 rings (SSSR count). The topological polar surface area (TPSA) is 121 Å². The molecule has 1 aliphatic heterocycles. The number of amides is 1. The molecule has 1 amide bonds. The minimum Gasteiger partial charge on any atom is -0.454 e. The second-order valence-corrected chi connectivity index (χ2v) is 8.37. The maximum Gasteiger partial charge on any atom is 0.263 e. The molecule has 5 aromatic rings. The van der Waals surface area contributed by atoms with E-state index in [2.05, 4.69) is 20.4 Å². The van der Waals surface area contributed by atoms with Crippen LogP contribution in [-0.2, 0) is 11.3 Å². The van der Waals surface area contributed by atoms with Crippen LogP contribution in [0.25, 0.3) is 33.9 Å². The van der Waals surface area contributed by atoms with E-state index in [0.717, 1.165) is 0 Å². The van der Waals surface area contributed by atoms with Crippen molar-refractivity contribution in [2.24, 2.45) is 0 Å². The highest BCUT2D eigenvalue weighted by molar-refractivity contribution is 5.92. The first-order valence-corrected chi connectivity index (χ1v) is 11.2. The van der Waals surface area contributed by atoms with Crippen LogP contribution in [0.2, 0.25) is 0 Å². The Labute approximate surface area is 208 Å². The fourth-order valence-corrected chi connectivity index (χ4v) is 4.01. The first kappa shape index (κ1) is 22.4. The van der Waals surface area contributed by atoms with Gasteiger partial charge >= 0.3 is 0 Å². The molecule has 11 heteroatoms. The fraction of sp³-hybridized carbons (Fsp3) is 0.115. The molecule has 2 aromatic carbocycles. The Morgan fingerprint density at radius 3 is 2.70 bits per heavy atom. The number of hydrogen-bond donors (Lipinski definition) is 1. The van der Waals surface area contributed by atoms with Gasteiger partial charge in [0.25, 0.3) is 5.89 Å². The second-order valence-electron chi connectivity index (χ2n) is 8.37. The molecule has 0 spiro atoms. The summed E-state index contributed by atoms with van der Waals surface area (Å²) in [6.07, 6.45) is 1.47. The van der Waals surface area contributed by atoms with Crippen molar-refractivity contribution in [3.63, 3.8) is 0 Å². The number of aromatic nitrogens is 4. The first-order valence-electron chi connectivity index (χ1n) is 11.2. The molecule has 0 saturated carbocycles. The number of rotatable bonds is 5. The lowest BCUT2D eigenvalue weighted by Gasteiger charge is -2.12. The third-order valence-electron chi connectivity index (χ3n) is 5.79. The van der Waals surface area contributed by atoms with Gasteiger partial charge in [0, 0.05) is 29.2 Å². The summed E-state index contributed by atoms with van der Waals surface area (Å²) in [5, 5.41) is 7.04. The largest absolute Gasteiger partial charge is 0.454 e. The zero-order valence-corrected chi connectivity index (χ0v) is 19.4. The molecule has 0 aliphatic carbocycles. The van der Waals surface area contributed by atoms with Crippen molar-refractivity contribution in [2.75, 3.05) is 12.1 Å². The van der Waals surface area contributed by atoms with Crippen molar-refractivity contribution in [1.82, 2.24) is 19.7 Å². The van der Waals surface area contributed by atoms with E-state index < -0.39 is 5.82 Å². The number of halogens is 1. The van der Waals surface area contributed by atoms with Crippen LogP contribution in [0.3, 0.4) is 0 Å². The molecule has 0 bridgehead atoms.